The predicted molar refractivity (Wildman–Crippen MR) is 118 cm³/mol. The monoisotopic (exact) mass is 458 g/mol. The number of ether oxygens (including phenoxy) is 2. The van der Waals surface area contributed by atoms with E-state index in [-0.39, 0.29) is 43.3 Å². The van der Waals surface area contributed by atoms with E-state index < -0.39 is 12.1 Å². The minimum absolute atomic E-state index is 0.0686. The van der Waals surface area contributed by atoms with E-state index in [0.717, 1.165) is 0 Å². The number of hydrogen-bond donors (Lipinski definition) is 2. The standard InChI is InChI=1S/C23H23ClN2O6/c1-2-10-31-23(30)26-13-18(25-21(27)16-4-3-5-17(24)11-16)12-19(26)14-32-20-8-6-15(7-9-20)22(28)29/h2-9,11,18-19H,1,10,12-14H2,(H,25,27)(H,28,29)/t18-,19+/m1/s1. The van der Waals surface area contributed by atoms with Crippen molar-refractivity contribution < 1.29 is 29.0 Å². The molecule has 1 aliphatic heterocycles. The van der Waals surface area contributed by atoms with E-state index in [9.17, 15) is 14.4 Å². The summed E-state index contributed by atoms with van der Waals surface area (Å²) in [5, 5.41) is 12.4. The van der Waals surface area contributed by atoms with E-state index in [1.165, 1.54) is 23.1 Å². The van der Waals surface area contributed by atoms with Crippen molar-refractivity contribution in [2.45, 2.75) is 18.5 Å². The third-order valence-electron chi connectivity index (χ3n) is 4.94. The highest BCUT2D eigenvalue weighted by atomic mass is 35.5. The summed E-state index contributed by atoms with van der Waals surface area (Å²) in [6.07, 6.45) is 1.41. The Balaban J connectivity index is 1.66. The zero-order chi connectivity index (χ0) is 23.1. The van der Waals surface area contributed by atoms with Crippen LogP contribution < -0.4 is 10.1 Å². The third kappa shape index (κ3) is 6.01. The van der Waals surface area contributed by atoms with Crippen LogP contribution in [-0.2, 0) is 4.74 Å². The molecule has 0 aliphatic carbocycles. The highest BCUT2D eigenvalue weighted by Gasteiger charge is 2.37. The minimum atomic E-state index is -1.03. The molecule has 0 aromatic heterocycles. The Labute approximate surface area is 190 Å². The summed E-state index contributed by atoms with van der Waals surface area (Å²) in [6, 6.07) is 11.9. The fourth-order valence-electron chi connectivity index (χ4n) is 3.40. The van der Waals surface area contributed by atoms with Crippen molar-refractivity contribution in [2.75, 3.05) is 19.8 Å². The lowest BCUT2D eigenvalue weighted by atomic mass is 10.1. The molecule has 0 radical (unpaired) electrons. The highest BCUT2D eigenvalue weighted by Crippen LogP contribution is 2.22. The Bertz CT molecular complexity index is 994. The van der Waals surface area contributed by atoms with Gasteiger partial charge in [0.05, 0.1) is 11.6 Å². The maximum atomic E-state index is 12.6. The number of carboxylic acid groups (broad SMARTS) is 1. The van der Waals surface area contributed by atoms with Crippen molar-refractivity contribution in [2.24, 2.45) is 0 Å². The molecular weight excluding hydrogens is 436 g/mol. The quantitative estimate of drug-likeness (QED) is 0.585. The smallest absolute Gasteiger partial charge is 0.410 e. The van der Waals surface area contributed by atoms with E-state index in [1.54, 1.807) is 36.4 Å². The van der Waals surface area contributed by atoms with Crippen molar-refractivity contribution in [3.8, 4) is 5.75 Å². The summed E-state index contributed by atoms with van der Waals surface area (Å²) >= 11 is 5.96. The number of aromatic carboxylic acids is 1. The normalized spacial score (nSPS) is 17.5. The number of carboxylic acids is 1. The van der Waals surface area contributed by atoms with Crippen LogP contribution >= 0.6 is 11.6 Å². The van der Waals surface area contributed by atoms with Crippen LogP contribution in [0.1, 0.15) is 27.1 Å². The molecule has 0 bridgehead atoms. The summed E-state index contributed by atoms with van der Waals surface area (Å²) in [5.41, 5.74) is 0.577. The molecule has 0 unspecified atom stereocenters. The van der Waals surface area contributed by atoms with Gasteiger partial charge in [-0.1, -0.05) is 30.3 Å². The van der Waals surface area contributed by atoms with Crippen LogP contribution in [0.4, 0.5) is 4.79 Å². The number of carbonyl (C=O) groups excluding carboxylic acids is 2. The van der Waals surface area contributed by atoms with Gasteiger partial charge < -0.3 is 19.9 Å². The molecule has 2 aromatic rings. The zero-order valence-corrected chi connectivity index (χ0v) is 18.0. The fraction of sp³-hybridized carbons (Fsp3) is 0.261. The molecule has 1 heterocycles. The fourth-order valence-corrected chi connectivity index (χ4v) is 3.59. The lowest BCUT2D eigenvalue weighted by Crippen LogP contribution is -2.41. The number of nitrogens with zero attached hydrogens (tertiary/aromatic N) is 1. The van der Waals surface area contributed by atoms with Crippen LogP contribution in [0.3, 0.4) is 0 Å². The molecule has 2 N–H and O–H groups in total. The van der Waals surface area contributed by atoms with Gasteiger partial charge in [0.15, 0.2) is 0 Å². The van der Waals surface area contributed by atoms with Crippen molar-refractivity contribution in [3.05, 3.63) is 77.3 Å². The number of likely N-dealkylation sites (tertiary alicyclic amines) is 1. The lowest BCUT2D eigenvalue weighted by molar-refractivity contribution is 0.0696. The molecule has 3 rings (SSSR count). The number of carbonyl (C=O) groups is 3. The molecule has 0 spiro atoms. The average Bonchev–Trinajstić information content (AvgIpc) is 3.19. The highest BCUT2D eigenvalue weighted by molar-refractivity contribution is 6.30. The van der Waals surface area contributed by atoms with E-state index in [2.05, 4.69) is 11.9 Å². The van der Waals surface area contributed by atoms with Gasteiger partial charge in [0, 0.05) is 23.2 Å². The van der Waals surface area contributed by atoms with Gasteiger partial charge in [-0.3, -0.25) is 9.69 Å². The van der Waals surface area contributed by atoms with Gasteiger partial charge in [-0.2, -0.15) is 0 Å². The van der Waals surface area contributed by atoms with Crippen LogP contribution in [0, 0.1) is 0 Å². The summed E-state index contributed by atoms with van der Waals surface area (Å²) in [6.45, 7) is 4.02. The molecule has 1 saturated heterocycles. The Hall–Kier alpha value is -3.52. The zero-order valence-electron chi connectivity index (χ0n) is 17.2. The summed E-state index contributed by atoms with van der Waals surface area (Å²) < 4.78 is 10.9. The predicted octanol–water partition coefficient (Wildman–Crippen LogP) is 3.61. The largest absolute Gasteiger partial charge is 0.491 e. The number of rotatable bonds is 8. The molecule has 2 amide bonds. The van der Waals surface area contributed by atoms with Crippen molar-refractivity contribution in [1.82, 2.24) is 10.2 Å². The summed E-state index contributed by atoms with van der Waals surface area (Å²) in [5.74, 6) is -0.842. The number of halogens is 1. The minimum Gasteiger partial charge on any atom is -0.491 e. The van der Waals surface area contributed by atoms with Gasteiger partial charge in [-0.15, -0.1) is 0 Å². The van der Waals surface area contributed by atoms with Crippen LogP contribution in [0.15, 0.2) is 61.2 Å². The molecule has 0 saturated carbocycles. The molecule has 2 aromatic carbocycles. The van der Waals surface area contributed by atoms with E-state index in [1.807, 2.05) is 0 Å². The molecular formula is C23H23ClN2O6. The van der Waals surface area contributed by atoms with Gasteiger partial charge >= 0.3 is 12.1 Å². The Morgan fingerprint density at radius 1 is 1.19 bits per heavy atom. The van der Waals surface area contributed by atoms with Crippen LogP contribution in [-0.4, -0.2) is 59.8 Å². The van der Waals surface area contributed by atoms with Gasteiger partial charge in [0.1, 0.15) is 19.0 Å². The van der Waals surface area contributed by atoms with E-state index in [4.69, 9.17) is 26.2 Å². The molecule has 1 fully saturated rings. The Morgan fingerprint density at radius 3 is 2.59 bits per heavy atom. The number of hydrogen-bond acceptors (Lipinski definition) is 5. The summed E-state index contributed by atoms with van der Waals surface area (Å²) in [4.78, 5) is 37.6. The first-order chi connectivity index (χ1) is 15.4. The van der Waals surface area contributed by atoms with Gasteiger partial charge in [-0.05, 0) is 48.9 Å². The summed E-state index contributed by atoms with van der Waals surface area (Å²) in [7, 11) is 0. The van der Waals surface area contributed by atoms with Crippen LogP contribution in [0.5, 0.6) is 5.75 Å². The van der Waals surface area contributed by atoms with Crippen molar-refractivity contribution in [3.63, 3.8) is 0 Å². The van der Waals surface area contributed by atoms with Gasteiger partial charge in [0.2, 0.25) is 0 Å². The molecule has 168 valence electrons. The lowest BCUT2D eigenvalue weighted by Gasteiger charge is -2.23. The van der Waals surface area contributed by atoms with E-state index in [0.29, 0.717) is 22.8 Å². The first kappa shape index (κ1) is 23.1. The molecule has 32 heavy (non-hydrogen) atoms. The first-order valence-electron chi connectivity index (χ1n) is 9.94. The maximum absolute atomic E-state index is 12.6. The molecule has 8 nitrogen and oxygen atoms in total. The molecule has 9 heteroatoms. The number of nitrogens with one attached hydrogen (secondary N) is 1. The second-order valence-corrected chi connectivity index (χ2v) is 7.67. The topological polar surface area (TPSA) is 105 Å². The van der Waals surface area contributed by atoms with Crippen molar-refractivity contribution >= 4 is 29.6 Å². The second-order valence-electron chi connectivity index (χ2n) is 7.23. The second kappa shape index (κ2) is 10.7. The average molecular weight is 459 g/mol. The number of benzene rings is 2. The van der Waals surface area contributed by atoms with Gasteiger partial charge in [-0.25, -0.2) is 9.59 Å². The van der Waals surface area contributed by atoms with Crippen LogP contribution in [0.25, 0.3) is 0 Å². The third-order valence-corrected chi connectivity index (χ3v) is 5.17. The SMILES string of the molecule is C=CCOC(=O)N1C[C@H](NC(=O)c2cccc(Cl)c2)C[C@H]1COc1ccc(C(=O)O)cc1. The first-order valence-corrected chi connectivity index (χ1v) is 10.3. The van der Waals surface area contributed by atoms with Crippen LogP contribution in [0.2, 0.25) is 5.02 Å². The van der Waals surface area contributed by atoms with Crippen molar-refractivity contribution in [1.29, 1.82) is 0 Å². The number of amides is 2. The molecule has 2 atom stereocenters. The molecule has 1 aliphatic rings. The van der Waals surface area contributed by atoms with Gasteiger partial charge in [0.25, 0.3) is 5.91 Å². The maximum Gasteiger partial charge on any atom is 0.410 e. The Morgan fingerprint density at radius 2 is 1.94 bits per heavy atom. The Kier molecular flexibility index (Phi) is 7.72. The van der Waals surface area contributed by atoms with E-state index >= 15 is 0 Å².